The fourth-order valence-corrected chi connectivity index (χ4v) is 1.25. The Morgan fingerprint density at radius 1 is 1.15 bits per heavy atom. The maximum absolute atomic E-state index is 12.0. The predicted molar refractivity (Wildman–Crippen MR) is 40.0 cm³/mol. The van der Waals surface area contributed by atoms with Gasteiger partial charge in [-0.1, -0.05) is 19.4 Å². The Kier molecular flexibility index (Phi) is 1.46. The summed E-state index contributed by atoms with van der Waals surface area (Å²) in [5, 5.41) is -2.21. The van der Waals surface area contributed by atoms with E-state index in [0.29, 0.717) is 6.20 Å². The van der Waals surface area contributed by atoms with Crippen molar-refractivity contribution in [2.45, 2.75) is 5.03 Å². The Labute approximate surface area is 70.3 Å². The number of nitrogen functional groups attached to an aromatic ring is 1. The van der Waals surface area contributed by atoms with Gasteiger partial charge in [-0.15, -0.1) is 0 Å². The van der Waals surface area contributed by atoms with Gasteiger partial charge in [0.2, 0.25) is 0 Å². The third-order valence-electron chi connectivity index (χ3n) is 1.15. The molecule has 2 N–H and O–H groups in total. The first-order chi connectivity index (χ1) is 5.49. The Hall–Kier alpha value is -1.05. The molecule has 76 valence electrons. The van der Waals surface area contributed by atoms with Gasteiger partial charge in [0.05, 0.1) is 0 Å². The molecule has 0 saturated carbocycles. The summed E-state index contributed by atoms with van der Waals surface area (Å²) in [4.78, 5) is 2.55. The van der Waals surface area contributed by atoms with Gasteiger partial charge in [-0.05, 0) is 6.07 Å². The molecule has 0 radical (unpaired) electrons. The zero-order chi connectivity index (χ0) is 10.4. The maximum Gasteiger partial charge on any atom is 0.325 e. The van der Waals surface area contributed by atoms with Crippen molar-refractivity contribution in [3.05, 3.63) is 18.3 Å². The van der Waals surface area contributed by atoms with Gasteiger partial charge in [0.1, 0.15) is 0 Å². The summed E-state index contributed by atoms with van der Waals surface area (Å²) in [5.41, 5.74) is 4.51. The van der Waals surface area contributed by atoms with Crippen molar-refractivity contribution in [2.75, 3.05) is 5.73 Å². The van der Waals surface area contributed by atoms with E-state index < -0.39 is 20.9 Å². The zero-order valence-corrected chi connectivity index (χ0v) is 6.87. The molecule has 1 aromatic heterocycles. The van der Waals surface area contributed by atoms with Crippen LogP contribution in [0.1, 0.15) is 0 Å². The Bertz CT molecular complexity index is 344. The normalized spacial score (nSPS) is 17.6. The monoisotopic (exact) mass is 220 g/mol. The van der Waals surface area contributed by atoms with E-state index in [9.17, 15) is 19.4 Å². The topological polar surface area (TPSA) is 38.9 Å². The van der Waals surface area contributed by atoms with Crippen LogP contribution >= 0.6 is 10.2 Å². The molecule has 1 rings (SSSR count). The molecule has 0 saturated heterocycles. The van der Waals surface area contributed by atoms with Crippen LogP contribution in [0.5, 0.6) is 0 Å². The number of nitrogens with zero attached hydrogens (tertiary/aromatic N) is 1. The highest BCUT2D eigenvalue weighted by Crippen LogP contribution is 3.01. The number of halogens is 5. The van der Waals surface area contributed by atoms with Crippen LogP contribution in [0.3, 0.4) is 0 Å². The molecule has 0 bridgehead atoms. The third-order valence-corrected chi connectivity index (χ3v) is 2.17. The number of aromatic nitrogens is 1. The standard InChI is InChI=1S/C5H5F5N2S/c6-13(7,8,9,10)5-3-4(11)1-2-12-5/h1-3H,(H2,11,12). The molecular formula is C5H5F5N2S. The SMILES string of the molecule is Nc1ccnc(S(F)(F)(F)(F)F)c1. The molecule has 0 amide bonds. The van der Waals surface area contributed by atoms with Crippen LogP contribution < -0.4 is 5.73 Å². The Morgan fingerprint density at radius 3 is 2.00 bits per heavy atom. The zero-order valence-electron chi connectivity index (χ0n) is 6.05. The van der Waals surface area contributed by atoms with Crippen LogP contribution in [0, 0.1) is 0 Å². The van der Waals surface area contributed by atoms with Gasteiger partial charge in [-0.3, -0.25) is 0 Å². The van der Waals surface area contributed by atoms with Gasteiger partial charge >= 0.3 is 10.2 Å². The average Bonchev–Trinajstić information content (AvgIpc) is 1.82. The van der Waals surface area contributed by atoms with Crippen molar-refractivity contribution in [2.24, 2.45) is 0 Å². The predicted octanol–water partition coefficient (Wildman–Crippen LogP) is 3.32. The van der Waals surface area contributed by atoms with Crippen molar-refractivity contribution >= 4 is 15.9 Å². The summed E-state index contributed by atoms with van der Waals surface area (Å²) in [6, 6.07) is 1.11. The number of hydrogen-bond acceptors (Lipinski definition) is 2. The lowest BCUT2D eigenvalue weighted by Crippen LogP contribution is -2.08. The van der Waals surface area contributed by atoms with E-state index >= 15 is 0 Å². The van der Waals surface area contributed by atoms with Crippen LogP contribution in [0.25, 0.3) is 0 Å². The second-order valence-electron chi connectivity index (χ2n) is 2.40. The summed E-state index contributed by atoms with van der Waals surface area (Å²) in [6.45, 7) is 0. The minimum atomic E-state index is -9.65. The van der Waals surface area contributed by atoms with Gasteiger partial charge in [0.15, 0.2) is 5.03 Å². The number of anilines is 1. The molecule has 2 nitrogen and oxygen atoms in total. The molecule has 1 aromatic rings. The van der Waals surface area contributed by atoms with Crippen molar-refractivity contribution in [1.29, 1.82) is 0 Å². The Balaban J connectivity index is 3.41. The molecule has 0 aliphatic rings. The van der Waals surface area contributed by atoms with Crippen molar-refractivity contribution in [3.63, 3.8) is 0 Å². The first kappa shape index (κ1) is 10.0. The highest BCUT2D eigenvalue weighted by atomic mass is 32.5. The third kappa shape index (κ3) is 2.44. The largest absolute Gasteiger partial charge is 0.399 e. The van der Waals surface area contributed by atoms with Crippen LogP contribution in [0.15, 0.2) is 23.4 Å². The molecule has 1 heterocycles. The van der Waals surface area contributed by atoms with E-state index in [-0.39, 0.29) is 6.07 Å². The molecule has 0 aliphatic heterocycles. The number of hydrogen-bond donors (Lipinski definition) is 1. The van der Waals surface area contributed by atoms with Crippen LogP contribution in [-0.2, 0) is 0 Å². The maximum atomic E-state index is 12.0. The van der Waals surface area contributed by atoms with E-state index in [4.69, 9.17) is 5.73 Å². The highest BCUT2D eigenvalue weighted by molar-refractivity contribution is 8.45. The Morgan fingerprint density at radius 2 is 1.69 bits per heavy atom. The summed E-state index contributed by atoms with van der Waals surface area (Å²) in [6.07, 6.45) is 0.586. The number of rotatable bonds is 1. The molecule has 0 fully saturated rings. The molecule has 0 unspecified atom stereocenters. The molecule has 0 aliphatic carbocycles. The first-order valence-electron chi connectivity index (χ1n) is 2.95. The van der Waals surface area contributed by atoms with Crippen LogP contribution in [0.2, 0.25) is 0 Å². The van der Waals surface area contributed by atoms with E-state index in [1.165, 1.54) is 0 Å². The van der Waals surface area contributed by atoms with Crippen LogP contribution in [-0.4, -0.2) is 4.98 Å². The molecular weight excluding hydrogens is 215 g/mol. The summed E-state index contributed by atoms with van der Waals surface area (Å²) >= 11 is 0. The summed E-state index contributed by atoms with van der Waals surface area (Å²) in [7, 11) is -9.65. The second kappa shape index (κ2) is 1.89. The summed E-state index contributed by atoms with van der Waals surface area (Å²) < 4.78 is 60.0. The molecule has 13 heavy (non-hydrogen) atoms. The molecule has 0 spiro atoms. The first-order valence-corrected chi connectivity index (χ1v) is 4.90. The van der Waals surface area contributed by atoms with E-state index in [1.807, 2.05) is 0 Å². The second-order valence-corrected chi connectivity index (χ2v) is 4.75. The number of pyridine rings is 1. The van der Waals surface area contributed by atoms with E-state index in [2.05, 4.69) is 4.98 Å². The number of nitrogens with two attached hydrogens (primary N) is 1. The van der Waals surface area contributed by atoms with Gasteiger partial charge in [0, 0.05) is 18.0 Å². The highest BCUT2D eigenvalue weighted by Gasteiger charge is 2.67. The van der Waals surface area contributed by atoms with Gasteiger partial charge in [-0.25, -0.2) is 4.98 Å². The lowest BCUT2D eigenvalue weighted by atomic mass is 10.4. The quantitative estimate of drug-likeness (QED) is 0.737. The van der Waals surface area contributed by atoms with Crippen molar-refractivity contribution < 1.29 is 19.4 Å². The van der Waals surface area contributed by atoms with Gasteiger partial charge in [0.25, 0.3) is 0 Å². The minimum absolute atomic E-state index is 0.113. The molecule has 8 heteroatoms. The fourth-order valence-electron chi connectivity index (χ4n) is 0.636. The minimum Gasteiger partial charge on any atom is -0.399 e. The molecule has 0 aromatic carbocycles. The van der Waals surface area contributed by atoms with E-state index in [0.717, 1.165) is 6.07 Å². The van der Waals surface area contributed by atoms with Crippen molar-refractivity contribution in [1.82, 2.24) is 4.98 Å². The smallest absolute Gasteiger partial charge is 0.325 e. The van der Waals surface area contributed by atoms with Gasteiger partial charge < -0.3 is 5.73 Å². The van der Waals surface area contributed by atoms with Crippen LogP contribution in [0.4, 0.5) is 25.1 Å². The van der Waals surface area contributed by atoms with E-state index in [1.54, 1.807) is 0 Å². The summed E-state index contributed by atoms with van der Waals surface area (Å²) in [5.74, 6) is 0. The lowest BCUT2D eigenvalue weighted by Gasteiger charge is -2.39. The molecule has 0 atom stereocenters. The van der Waals surface area contributed by atoms with Gasteiger partial charge in [-0.2, -0.15) is 0 Å². The lowest BCUT2D eigenvalue weighted by molar-refractivity contribution is 0.358. The fraction of sp³-hybridized carbons (Fsp3) is 0. The van der Waals surface area contributed by atoms with Crippen molar-refractivity contribution in [3.8, 4) is 0 Å². The average molecular weight is 220 g/mol.